The first-order valence-corrected chi connectivity index (χ1v) is 8.48. The molecule has 0 spiro atoms. The molecular formula is C18H22ClN3O2. The zero-order valence-electron chi connectivity index (χ0n) is 14.2. The smallest absolute Gasteiger partial charge is 0.410 e. The number of benzene rings is 1. The third kappa shape index (κ3) is 3.90. The standard InChI is InChI=1S/C18H22ClN3O2/c1-18(2,3)24-17(23)22-9-7-13(11-22)21-16-6-8-20-15-5-4-12(19)10-14(15)16/h4-6,8,10,13H,7,9,11H2,1-3H3,(H,20,21)/t13-/m1/s1. The lowest BCUT2D eigenvalue weighted by Crippen LogP contribution is -2.36. The maximum atomic E-state index is 12.2. The molecule has 0 unspecified atom stereocenters. The van der Waals surface area contributed by atoms with Crippen molar-refractivity contribution in [1.29, 1.82) is 0 Å². The van der Waals surface area contributed by atoms with Gasteiger partial charge in [0.05, 0.1) is 5.52 Å². The first kappa shape index (κ1) is 16.8. The van der Waals surface area contributed by atoms with Gasteiger partial charge in [0.15, 0.2) is 0 Å². The van der Waals surface area contributed by atoms with Crippen molar-refractivity contribution >= 4 is 34.3 Å². The molecule has 1 aromatic carbocycles. The number of hydrogen-bond donors (Lipinski definition) is 1. The Bertz CT molecular complexity index is 758. The normalized spacial score (nSPS) is 18.0. The summed E-state index contributed by atoms with van der Waals surface area (Å²) in [6, 6.07) is 7.77. The van der Waals surface area contributed by atoms with E-state index in [1.165, 1.54) is 0 Å². The number of hydrogen-bond acceptors (Lipinski definition) is 4. The van der Waals surface area contributed by atoms with Crippen LogP contribution < -0.4 is 5.32 Å². The number of halogens is 1. The number of nitrogens with one attached hydrogen (secondary N) is 1. The third-order valence-electron chi connectivity index (χ3n) is 3.90. The van der Waals surface area contributed by atoms with Gasteiger partial charge in [0.1, 0.15) is 5.60 Å². The van der Waals surface area contributed by atoms with Crippen molar-refractivity contribution < 1.29 is 9.53 Å². The highest BCUT2D eigenvalue weighted by atomic mass is 35.5. The molecule has 5 nitrogen and oxygen atoms in total. The van der Waals surface area contributed by atoms with E-state index in [4.69, 9.17) is 16.3 Å². The number of carbonyl (C=O) groups is 1. The van der Waals surface area contributed by atoms with Crippen LogP contribution in [0.25, 0.3) is 10.9 Å². The molecule has 6 heteroatoms. The number of pyridine rings is 1. The molecule has 0 aliphatic carbocycles. The Labute approximate surface area is 146 Å². The Balaban J connectivity index is 1.70. The van der Waals surface area contributed by atoms with E-state index in [0.717, 1.165) is 23.0 Å². The van der Waals surface area contributed by atoms with E-state index in [1.807, 2.05) is 45.0 Å². The van der Waals surface area contributed by atoms with Crippen LogP contribution in [-0.2, 0) is 4.74 Å². The molecule has 1 aliphatic heterocycles. The minimum Gasteiger partial charge on any atom is -0.444 e. The molecule has 2 aromatic rings. The third-order valence-corrected chi connectivity index (χ3v) is 4.14. The van der Waals surface area contributed by atoms with Gasteiger partial charge in [-0.25, -0.2) is 4.79 Å². The lowest BCUT2D eigenvalue weighted by atomic mass is 10.1. The van der Waals surface area contributed by atoms with E-state index < -0.39 is 5.60 Å². The summed E-state index contributed by atoms with van der Waals surface area (Å²) in [6.45, 7) is 6.95. The molecular weight excluding hydrogens is 326 g/mol. The van der Waals surface area contributed by atoms with Crippen LogP contribution in [0, 0.1) is 0 Å². The fourth-order valence-corrected chi connectivity index (χ4v) is 3.01. The van der Waals surface area contributed by atoms with E-state index in [0.29, 0.717) is 18.1 Å². The summed E-state index contributed by atoms with van der Waals surface area (Å²) >= 11 is 6.11. The van der Waals surface area contributed by atoms with E-state index in [-0.39, 0.29) is 12.1 Å². The average molecular weight is 348 g/mol. The predicted octanol–water partition coefficient (Wildman–Crippen LogP) is 4.31. The highest BCUT2D eigenvalue weighted by Gasteiger charge is 2.29. The van der Waals surface area contributed by atoms with Crippen molar-refractivity contribution in [2.75, 3.05) is 18.4 Å². The number of likely N-dealkylation sites (tertiary alicyclic amines) is 1. The van der Waals surface area contributed by atoms with Crippen molar-refractivity contribution in [3.8, 4) is 0 Å². The molecule has 1 saturated heterocycles. The maximum absolute atomic E-state index is 12.2. The van der Waals surface area contributed by atoms with Crippen LogP contribution in [0.15, 0.2) is 30.5 Å². The molecule has 0 radical (unpaired) electrons. The lowest BCUT2D eigenvalue weighted by molar-refractivity contribution is 0.0293. The number of anilines is 1. The summed E-state index contributed by atoms with van der Waals surface area (Å²) in [5, 5.41) is 5.18. The van der Waals surface area contributed by atoms with E-state index in [2.05, 4.69) is 10.3 Å². The fourth-order valence-electron chi connectivity index (χ4n) is 2.83. The van der Waals surface area contributed by atoms with Crippen molar-refractivity contribution in [3.63, 3.8) is 0 Å². The van der Waals surface area contributed by atoms with Crippen LogP contribution in [0.3, 0.4) is 0 Å². The van der Waals surface area contributed by atoms with Gasteiger partial charge in [-0.2, -0.15) is 0 Å². The number of ether oxygens (including phenoxy) is 1. The maximum Gasteiger partial charge on any atom is 0.410 e. The number of fused-ring (bicyclic) bond motifs is 1. The second-order valence-corrected chi connectivity index (χ2v) is 7.51. The number of amides is 1. The Morgan fingerprint density at radius 3 is 2.92 bits per heavy atom. The molecule has 1 aliphatic rings. The van der Waals surface area contributed by atoms with Crippen LogP contribution in [0.1, 0.15) is 27.2 Å². The molecule has 2 heterocycles. The van der Waals surface area contributed by atoms with E-state index >= 15 is 0 Å². The van der Waals surface area contributed by atoms with Gasteiger partial charge in [-0.1, -0.05) is 11.6 Å². The molecule has 1 atom stereocenters. The molecule has 1 aromatic heterocycles. The van der Waals surface area contributed by atoms with Crippen LogP contribution >= 0.6 is 11.6 Å². The quantitative estimate of drug-likeness (QED) is 0.879. The summed E-state index contributed by atoms with van der Waals surface area (Å²) in [5.41, 5.74) is 1.41. The highest BCUT2D eigenvalue weighted by Crippen LogP contribution is 2.27. The number of aromatic nitrogens is 1. The molecule has 128 valence electrons. The molecule has 1 fully saturated rings. The van der Waals surface area contributed by atoms with Gasteiger partial charge >= 0.3 is 6.09 Å². The van der Waals surface area contributed by atoms with Crippen molar-refractivity contribution in [2.45, 2.75) is 38.8 Å². The fraction of sp³-hybridized carbons (Fsp3) is 0.444. The summed E-state index contributed by atoms with van der Waals surface area (Å²) in [7, 11) is 0. The largest absolute Gasteiger partial charge is 0.444 e. The minimum atomic E-state index is -0.472. The van der Waals surface area contributed by atoms with Gasteiger partial charge in [-0.3, -0.25) is 4.98 Å². The van der Waals surface area contributed by atoms with Gasteiger partial charge < -0.3 is 15.0 Å². The van der Waals surface area contributed by atoms with Crippen molar-refractivity contribution in [2.24, 2.45) is 0 Å². The topological polar surface area (TPSA) is 54.5 Å². The molecule has 1 amide bonds. The van der Waals surface area contributed by atoms with Crippen LogP contribution in [0.4, 0.5) is 10.5 Å². The lowest BCUT2D eigenvalue weighted by Gasteiger charge is -2.24. The second-order valence-electron chi connectivity index (χ2n) is 7.08. The summed E-state index contributed by atoms with van der Waals surface area (Å²) in [5.74, 6) is 0. The zero-order valence-corrected chi connectivity index (χ0v) is 14.9. The highest BCUT2D eigenvalue weighted by molar-refractivity contribution is 6.31. The summed E-state index contributed by atoms with van der Waals surface area (Å²) < 4.78 is 5.44. The summed E-state index contributed by atoms with van der Waals surface area (Å²) in [6.07, 6.45) is 2.40. The number of nitrogens with zero attached hydrogens (tertiary/aromatic N) is 2. The van der Waals surface area contributed by atoms with Crippen LogP contribution in [-0.4, -0.2) is 40.7 Å². The second kappa shape index (κ2) is 6.48. The molecule has 0 bridgehead atoms. The monoisotopic (exact) mass is 347 g/mol. The van der Waals surface area contributed by atoms with Crippen molar-refractivity contribution in [3.05, 3.63) is 35.5 Å². The Morgan fingerprint density at radius 2 is 2.17 bits per heavy atom. The van der Waals surface area contributed by atoms with Gasteiger partial charge in [-0.05, 0) is 51.5 Å². The zero-order chi connectivity index (χ0) is 17.3. The first-order chi connectivity index (χ1) is 11.3. The predicted molar refractivity (Wildman–Crippen MR) is 96.6 cm³/mol. The van der Waals surface area contributed by atoms with Gasteiger partial charge in [0.2, 0.25) is 0 Å². The first-order valence-electron chi connectivity index (χ1n) is 8.10. The van der Waals surface area contributed by atoms with E-state index in [1.54, 1.807) is 11.1 Å². The van der Waals surface area contributed by atoms with Gasteiger partial charge in [0, 0.05) is 41.4 Å². The molecule has 0 saturated carbocycles. The molecule has 3 rings (SSSR count). The Kier molecular flexibility index (Phi) is 4.54. The molecule has 1 N–H and O–H groups in total. The Morgan fingerprint density at radius 1 is 1.38 bits per heavy atom. The number of rotatable bonds is 2. The van der Waals surface area contributed by atoms with Crippen LogP contribution in [0.5, 0.6) is 0 Å². The van der Waals surface area contributed by atoms with Crippen LogP contribution in [0.2, 0.25) is 5.02 Å². The van der Waals surface area contributed by atoms with Gasteiger partial charge in [0.25, 0.3) is 0 Å². The Hall–Kier alpha value is -2.01. The van der Waals surface area contributed by atoms with E-state index in [9.17, 15) is 4.79 Å². The summed E-state index contributed by atoms with van der Waals surface area (Å²) in [4.78, 5) is 18.3. The SMILES string of the molecule is CC(C)(C)OC(=O)N1CC[C@@H](Nc2ccnc3ccc(Cl)cc23)C1. The molecule has 24 heavy (non-hydrogen) atoms. The minimum absolute atomic E-state index is 0.182. The number of carbonyl (C=O) groups excluding carboxylic acids is 1. The van der Waals surface area contributed by atoms with Crippen molar-refractivity contribution in [1.82, 2.24) is 9.88 Å². The van der Waals surface area contributed by atoms with Gasteiger partial charge in [-0.15, -0.1) is 0 Å². The average Bonchev–Trinajstić information content (AvgIpc) is 2.95.